The molecule has 4 aromatic rings. The molecule has 2 aromatic carbocycles. The number of nitrogens with zero attached hydrogens (tertiary/aromatic N) is 4. The van der Waals surface area contributed by atoms with Crippen LogP contribution in [0.25, 0.3) is 22.2 Å². The summed E-state index contributed by atoms with van der Waals surface area (Å²) in [5.74, 6) is 0.596. The summed E-state index contributed by atoms with van der Waals surface area (Å²) in [6.45, 7) is 0.818. The number of pyridine rings is 2. The fourth-order valence-electron chi connectivity index (χ4n) is 3.97. The van der Waals surface area contributed by atoms with Crippen LogP contribution in [0.3, 0.4) is 0 Å². The third-order valence-electron chi connectivity index (χ3n) is 5.88. The molecule has 0 aliphatic heterocycles. The van der Waals surface area contributed by atoms with E-state index in [0.29, 0.717) is 17.1 Å². The van der Waals surface area contributed by atoms with E-state index < -0.39 is 0 Å². The van der Waals surface area contributed by atoms with Crippen LogP contribution in [0, 0.1) is 17.2 Å². The molecular formula is C26H22N4O. The number of fused-ring (bicyclic) bond motifs is 1. The van der Waals surface area contributed by atoms with Gasteiger partial charge in [-0.15, -0.1) is 0 Å². The van der Waals surface area contributed by atoms with Crippen molar-refractivity contribution in [3.63, 3.8) is 0 Å². The fourth-order valence-corrected chi connectivity index (χ4v) is 3.97. The largest absolute Gasteiger partial charge is 0.339 e. The first-order valence-corrected chi connectivity index (χ1v) is 10.5. The van der Waals surface area contributed by atoms with Crippen LogP contribution in [0.15, 0.2) is 77.6 Å². The second-order valence-corrected chi connectivity index (χ2v) is 8.07. The summed E-state index contributed by atoms with van der Waals surface area (Å²) < 4.78 is 1.59. The monoisotopic (exact) mass is 406 g/mol. The third kappa shape index (κ3) is 3.69. The molecule has 0 N–H and O–H groups in total. The van der Waals surface area contributed by atoms with Crippen molar-refractivity contribution < 1.29 is 0 Å². The predicted octanol–water partition coefficient (Wildman–Crippen LogP) is 5.02. The molecule has 0 radical (unpaired) electrons. The van der Waals surface area contributed by atoms with Gasteiger partial charge in [0.05, 0.1) is 11.2 Å². The van der Waals surface area contributed by atoms with E-state index in [4.69, 9.17) is 0 Å². The zero-order valence-corrected chi connectivity index (χ0v) is 17.3. The van der Waals surface area contributed by atoms with Crippen molar-refractivity contribution in [1.82, 2.24) is 9.55 Å². The number of aromatic nitrogens is 2. The molecule has 1 aliphatic carbocycles. The van der Waals surface area contributed by atoms with Crippen LogP contribution in [0.1, 0.15) is 18.5 Å². The van der Waals surface area contributed by atoms with E-state index in [1.165, 1.54) is 12.8 Å². The zero-order chi connectivity index (χ0) is 21.4. The Balaban J connectivity index is 1.71. The molecule has 1 aliphatic rings. The summed E-state index contributed by atoms with van der Waals surface area (Å²) in [5.41, 5.74) is 5.70. The Morgan fingerprint density at radius 3 is 2.55 bits per heavy atom. The molecule has 2 heterocycles. The first kappa shape index (κ1) is 19.1. The van der Waals surface area contributed by atoms with Crippen molar-refractivity contribution in [2.75, 3.05) is 11.4 Å². The molecular weight excluding hydrogens is 384 g/mol. The normalized spacial score (nSPS) is 13.2. The van der Waals surface area contributed by atoms with Crippen LogP contribution in [0.4, 0.5) is 11.4 Å². The first-order valence-electron chi connectivity index (χ1n) is 10.5. The third-order valence-corrected chi connectivity index (χ3v) is 5.88. The molecule has 0 spiro atoms. The smallest absolute Gasteiger partial charge is 0.252 e. The highest BCUT2D eigenvalue weighted by molar-refractivity contribution is 5.91. The van der Waals surface area contributed by atoms with Crippen LogP contribution in [-0.2, 0) is 7.05 Å². The first-order chi connectivity index (χ1) is 15.1. The molecule has 152 valence electrons. The number of anilines is 2. The molecule has 1 fully saturated rings. The van der Waals surface area contributed by atoms with E-state index in [0.717, 1.165) is 34.6 Å². The van der Waals surface area contributed by atoms with E-state index in [2.05, 4.69) is 52.4 Å². The minimum Gasteiger partial charge on any atom is -0.339 e. The van der Waals surface area contributed by atoms with E-state index in [1.807, 2.05) is 24.3 Å². The highest BCUT2D eigenvalue weighted by Crippen LogP contribution is 2.38. The van der Waals surface area contributed by atoms with Crippen molar-refractivity contribution in [1.29, 1.82) is 5.26 Å². The fraction of sp³-hybridized carbons (Fsp3) is 0.192. The second kappa shape index (κ2) is 7.73. The molecule has 0 saturated heterocycles. The Bertz CT molecular complexity index is 1360. The van der Waals surface area contributed by atoms with Crippen molar-refractivity contribution in [3.05, 3.63) is 88.8 Å². The van der Waals surface area contributed by atoms with Gasteiger partial charge in [-0.1, -0.05) is 42.5 Å². The number of aryl methyl sites for hydroxylation is 1. The number of rotatable bonds is 5. The van der Waals surface area contributed by atoms with Crippen LogP contribution in [0.2, 0.25) is 0 Å². The number of benzene rings is 2. The van der Waals surface area contributed by atoms with Gasteiger partial charge in [-0.25, -0.2) is 4.98 Å². The van der Waals surface area contributed by atoms with E-state index >= 15 is 0 Å². The molecule has 5 heteroatoms. The van der Waals surface area contributed by atoms with Crippen LogP contribution < -0.4 is 10.5 Å². The van der Waals surface area contributed by atoms with Crippen molar-refractivity contribution in [2.24, 2.45) is 13.0 Å². The average molecular weight is 406 g/mol. The maximum absolute atomic E-state index is 12.8. The molecule has 0 bridgehead atoms. The summed E-state index contributed by atoms with van der Waals surface area (Å²) in [6.07, 6.45) is 2.38. The number of hydrogen-bond acceptors (Lipinski definition) is 4. The maximum Gasteiger partial charge on any atom is 0.252 e. The quantitative estimate of drug-likeness (QED) is 0.467. The van der Waals surface area contributed by atoms with Crippen LogP contribution >= 0.6 is 0 Å². The molecule has 0 unspecified atom stereocenters. The van der Waals surface area contributed by atoms with Gasteiger partial charge in [-0.2, -0.15) is 5.26 Å². The van der Waals surface area contributed by atoms with Gasteiger partial charge in [0.2, 0.25) is 0 Å². The highest BCUT2D eigenvalue weighted by atomic mass is 16.1. The van der Waals surface area contributed by atoms with Gasteiger partial charge in [-0.05, 0) is 54.2 Å². The average Bonchev–Trinajstić information content (AvgIpc) is 3.64. The van der Waals surface area contributed by atoms with Gasteiger partial charge >= 0.3 is 0 Å². The number of nitriles is 1. The SMILES string of the molecule is Cn1c(=O)cc(N(CC2CC2)c2cccc(-c3ccccc3)c2)c2nc(C#N)ccc21. The molecule has 31 heavy (non-hydrogen) atoms. The highest BCUT2D eigenvalue weighted by Gasteiger charge is 2.27. The Morgan fingerprint density at radius 2 is 1.81 bits per heavy atom. The molecule has 5 nitrogen and oxygen atoms in total. The molecule has 0 amide bonds. The van der Waals surface area contributed by atoms with Gasteiger partial charge in [-0.3, -0.25) is 4.79 Å². The topological polar surface area (TPSA) is 61.9 Å². The minimum absolute atomic E-state index is 0.0889. The van der Waals surface area contributed by atoms with Gasteiger partial charge in [0.15, 0.2) is 0 Å². The lowest BCUT2D eigenvalue weighted by Gasteiger charge is -2.27. The minimum atomic E-state index is -0.0889. The van der Waals surface area contributed by atoms with E-state index in [1.54, 1.807) is 23.7 Å². The van der Waals surface area contributed by atoms with Gasteiger partial charge in [0.1, 0.15) is 17.3 Å². The molecule has 0 atom stereocenters. The Morgan fingerprint density at radius 1 is 1.03 bits per heavy atom. The van der Waals surface area contributed by atoms with E-state index in [-0.39, 0.29) is 5.56 Å². The van der Waals surface area contributed by atoms with E-state index in [9.17, 15) is 10.1 Å². The summed E-state index contributed by atoms with van der Waals surface area (Å²) in [6, 6.07) is 25.9. The molecule has 2 aromatic heterocycles. The Kier molecular flexibility index (Phi) is 4.76. The zero-order valence-electron chi connectivity index (χ0n) is 17.3. The predicted molar refractivity (Wildman–Crippen MR) is 123 cm³/mol. The lowest BCUT2D eigenvalue weighted by Crippen LogP contribution is -2.25. The standard InChI is InChI=1S/C26H22N4O/c1-29-23-13-12-21(16-27)28-26(23)24(15-25(29)31)30(17-18-10-11-18)22-9-5-8-20(14-22)19-6-3-2-4-7-19/h2-9,12-15,18H,10-11,17H2,1H3. The van der Waals surface area contributed by atoms with Gasteiger partial charge in [0.25, 0.3) is 5.56 Å². The molecule has 5 rings (SSSR count). The van der Waals surface area contributed by atoms with Gasteiger partial charge < -0.3 is 9.47 Å². The second-order valence-electron chi connectivity index (χ2n) is 8.07. The van der Waals surface area contributed by atoms with Crippen LogP contribution in [-0.4, -0.2) is 16.1 Å². The summed E-state index contributed by atoms with van der Waals surface area (Å²) in [4.78, 5) is 19.6. The molecule has 1 saturated carbocycles. The lowest BCUT2D eigenvalue weighted by molar-refractivity contribution is 0.811. The van der Waals surface area contributed by atoms with Crippen molar-refractivity contribution in [2.45, 2.75) is 12.8 Å². The number of hydrogen-bond donors (Lipinski definition) is 0. The lowest BCUT2D eigenvalue weighted by atomic mass is 10.0. The Labute approximate surface area is 180 Å². The van der Waals surface area contributed by atoms with Crippen LogP contribution in [0.5, 0.6) is 0 Å². The summed E-state index contributed by atoms with van der Waals surface area (Å²) in [7, 11) is 1.74. The Hall–Kier alpha value is -3.91. The summed E-state index contributed by atoms with van der Waals surface area (Å²) in [5, 5.41) is 9.39. The van der Waals surface area contributed by atoms with Crippen molar-refractivity contribution >= 4 is 22.4 Å². The summed E-state index contributed by atoms with van der Waals surface area (Å²) >= 11 is 0. The maximum atomic E-state index is 12.8. The van der Waals surface area contributed by atoms with Gasteiger partial charge in [0, 0.05) is 25.3 Å². The van der Waals surface area contributed by atoms with Crippen molar-refractivity contribution in [3.8, 4) is 17.2 Å².